The summed E-state index contributed by atoms with van der Waals surface area (Å²) >= 11 is 0. The van der Waals surface area contributed by atoms with Crippen LogP contribution in [0, 0.1) is 5.82 Å². The number of hydrogen-bond donors (Lipinski definition) is 2. The summed E-state index contributed by atoms with van der Waals surface area (Å²) in [5.74, 6) is 0.661. The summed E-state index contributed by atoms with van der Waals surface area (Å²) < 4.78 is 19.9. The molecular formula is C19H30FIN4O. The molecule has 26 heavy (non-hydrogen) atoms. The first-order chi connectivity index (χ1) is 12.1. The lowest BCUT2D eigenvalue weighted by Crippen LogP contribution is -2.48. The average Bonchev–Trinajstić information content (AvgIpc) is 3.39. The molecule has 5 nitrogen and oxygen atoms in total. The normalized spacial score (nSPS) is 22.4. The minimum atomic E-state index is -0.130. The minimum absolute atomic E-state index is 0. The predicted molar refractivity (Wildman–Crippen MR) is 114 cm³/mol. The van der Waals surface area contributed by atoms with Gasteiger partial charge in [-0.2, -0.15) is 0 Å². The summed E-state index contributed by atoms with van der Waals surface area (Å²) in [4.78, 5) is 7.00. The zero-order valence-electron chi connectivity index (χ0n) is 15.6. The van der Waals surface area contributed by atoms with Gasteiger partial charge in [0.05, 0.1) is 19.3 Å². The highest BCUT2D eigenvalue weighted by Crippen LogP contribution is 2.49. The number of halogens is 2. The number of guanidine groups is 1. The molecule has 2 N–H and O–H groups in total. The van der Waals surface area contributed by atoms with E-state index in [4.69, 9.17) is 9.73 Å². The highest BCUT2D eigenvalue weighted by molar-refractivity contribution is 14.0. The fraction of sp³-hybridized carbons (Fsp3) is 0.632. The second kappa shape index (κ2) is 9.85. The van der Waals surface area contributed by atoms with Crippen molar-refractivity contribution in [1.82, 2.24) is 15.5 Å². The number of rotatable bonds is 6. The van der Waals surface area contributed by atoms with Gasteiger partial charge in [-0.3, -0.25) is 4.99 Å². The Balaban J connectivity index is 0.00000243. The number of morpholine rings is 1. The standard InChI is InChI=1S/C19H29FN4O.HI/c1-3-21-18(22-12-15-13-24(2)10-11-25-15)23-14-19(8-9-19)16-6-4-5-7-17(16)20;/h4-7,15H,3,8-14H2,1-2H3,(H2,21,22,23);1H. The molecule has 1 aromatic rings. The molecular weight excluding hydrogens is 446 g/mol. The quantitative estimate of drug-likeness (QED) is 0.376. The van der Waals surface area contributed by atoms with Gasteiger partial charge in [0, 0.05) is 31.6 Å². The van der Waals surface area contributed by atoms with E-state index in [1.54, 1.807) is 12.1 Å². The molecule has 0 aromatic heterocycles. The first kappa shape index (κ1) is 21.4. The van der Waals surface area contributed by atoms with E-state index in [9.17, 15) is 4.39 Å². The zero-order chi connectivity index (χ0) is 17.7. The van der Waals surface area contributed by atoms with Gasteiger partial charge >= 0.3 is 0 Å². The maximum Gasteiger partial charge on any atom is 0.191 e. The number of likely N-dealkylation sites (N-methyl/N-ethyl adjacent to an activating group) is 1. The van der Waals surface area contributed by atoms with Crippen molar-refractivity contribution >= 4 is 29.9 Å². The number of ether oxygens (including phenoxy) is 1. The van der Waals surface area contributed by atoms with Crippen LogP contribution < -0.4 is 10.6 Å². The predicted octanol–water partition coefficient (Wildman–Crippen LogP) is 2.36. The highest BCUT2D eigenvalue weighted by atomic mass is 127. The lowest BCUT2D eigenvalue weighted by molar-refractivity contribution is -0.0161. The van der Waals surface area contributed by atoms with Crippen LogP contribution in [0.1, 0.15) is 25.3 Å². The summed E-state index contributed by atoms with van der Waals surface area (Å²) in [6.45, 7) is 6.85. The lowest BCUT2D eigenvalue weighted by Gasteiger charge is -2.30. The van der Waals surface area contributed by atoms with Crippen LogP contribution in [0.3, 0.4) is 0 Å². The van der Waals surface area contributed by atoms with E-state index >= 15 is 0 Å². The van der Waals surface area contributed by atoms with E-state index in [0.717, 1.165) is 57.2 Å². The SMILES string of the molecule is CCNC(=NCC1(c2ccccc2F)CC1)NCC1CN(C)CCO1.I. The Morgan fingerprint density at radius 3 is 2.77 bits per heavy atom. The Morgan fingerprint density at radius 2 is 2.12 bits per heavy atom. The zero-order valence-corrected chi connectivity index (χ0v) is 18.0. The van der Waals surface area contributed by atoms with Gasteiger partial charge < -0.3 is 20.3 Å². The van der Waals surface area contributed by atoms with E-state index in [-0.39, 0.29) is 41.3 Å². The largest absolute Gasteiger partial charge is 0.374 e. The molecule has 7 heteroatoms. The van der Waals surface area contributed by atoms with Gasteiger partial charge in [-0.05, 0) is 38.4 Å². The van der Waals surface area contributed by atoms with Gasteiger partial charge in [0.2, 0.25) is 0 Å². The highest BCUT2D eigenvalue weighted by Gasteiger charge is 2.45. The van der Waals surface area contributed by atoms with Gasteiger partial charge in [-0.15, -0.1) is 24.0 Å². The fourth-order valence-corrected chi connectivity index (χ4v) is 3.33. The van der Waals surface area contributed by atoms with Gasteiger partial charge in [-0.1, -0.05) is 18.2 Å². The molecule has 1 aliphatic carbocycles. The molecule has 1 atom stereocenters. The molecule has 0 radical (unpaired) electrons. The lowest BCUT2D eigenvalue weighted by atomic mass is 9.95. The molecule has 0 spiro atoms. The third kappa shape index (κ3) is 5.53. The number of benzene rings is 1. The van der Waals surface area contributed by atoms with Crippen LogP contribution in [0.5, 0.6) is 0 Å². The third-order valence-corrected chi connectivity index (χ3v) is 5.02. The van der Waals surface area contributed by atoms with Crippen LogP contribution in [0.15, 0.2) is 29.3 Å². The molecule has 0 bridgehead atoms. The summed E-state index contributed by atoms with van der Waals surface area (Å²) in [7, 11) is 2.11. The Labute approximate surface area is 172 Å². The van der Waals surface area contributed by atoms with Crippen molar-refractivity contribution in [2.45, 2.75) is 31.3 Å². The maximum absolute atomic E-state index is 14.1. The Morgan fingerprint density at radius 1 is 1.35 bits per heavy atom. The van der Waals surface area contributed by atoms with E-state index < -0.39 is 0 Å². The van der Waals surface area contributed by atoms with Crippen LogP contribution in [-0.4, -0.2) is 63.3 Å². The van der Waals surface area contributed by atoms with Crippen LogP contribution in [0.2, 0.25) is 0 Å². The fourth-order valence-electron chi connectivity index (χ4n) is 3.33. The van der Waals surface area contributed by atoms with E-state index in [2.05, 4.69) is 22.6 Å². The van der Waals surface area contributed by atoms with Gasteiger partial charge in [0.15, 0.2) is 5.96 Å². The summed E-state index contributed by atoms with van der Waals surface area (Å²) in [6, 6.07) is 7.08. The molecule has 2 aliphatic rings. The van der Waals surface area contributed by atoms with E-state index in [1.165, 1.54) is 0 Å². The first-order valence-electron chi connectivity index (χ1n) is 9.20. The Kier molecular flexibility index (Phi) is 8.09. The molecule has 3 rings (SSSR count). The molecule has 1 heterocycles. The monoisotopic (exact) mass is 476 g/mol. The molecule has 2 fully saturated rings. The maximum atomic E-state index is 14.1. The number of hydrogen-bond acceptors (Lipinski definition) is 3. The summed E-state index contributed by atoms with van der Waals surface area (Å²) in [5.41, 5.74) is 0.668. The molecule has 0 amide bonds. The van der Waals surface area contributed by atoms with Crippen molar-refractivity contribution in [3.8, 4) is 0 Å². The summed E-state index contributed by atoms with van der Waals surface area (Å²) in [6.07, 6.45) is 2.16. The van der Waals surface area contributed by atoms with Crippen LogP contribution in [-0.2, 0) is 10.2 Å². The van der Waals surface area contributed by atoms with Crippen LogP contribution >= 0.6 is 24.0 Å². The Bertz CT molecular complexity index is 609. The van der Waals surface area contributed by atoms with Gasteiger partial charge in [0.25, 0.3) is 0 Å². The number of nitrogens with zero attached hydrogens (tertiary/aromatic N) is 2. The molecule has 1 saturated heterocycles. The molecule has 1 unspecified atom stereocenters. The van der Waals surface area contributed by atoms with Crippen molar-refractivity contribution in [1.29, 1.82) is 0 Å². The van der Waals surface area contributed by atoms with Crippen molar-refractivity contribution in [2.75, 3.05) is 46.4 Å². The van der Waals surface area contributed by atoms with Crippen molar-refractivity contribution < 1.29 is 9.13 Å². The van der Waals surface area contributed by atoms with Crippen LogP contribution in [0.25, 0.3) is 0 Å². The molecule has 1 saturated carbocycles. The second-order valence-corrected chi connectivity index (χ2v) is 7.09. The average molecular weight is 476 g/mol. The smallest absolute Gasteiger partial charge is 0.191 e. The van der Waals surface area contributed by atoms with Crippen molar-refractivity contribution in [3.05, 3.63) is 35.6 Å². The second-order valence-electron chi connectivity index (χ2n) is 7.09. The van der Waals surface area contributed by atoms with Gasteiger partial charge in [0.1, 0.15) is 5.82 Å². The Hall–Kier alpha value is -0.930. The van der Waals surface area contributed by atoms with Crippen LogP contribution in [0.4, 0.5) is 4.39 Å². The molecule has 146 valence electrons. The van der Waals surface area contributed by atoms with E-state index in [1.807, 2.05) is 19.1 Å². The topological polar surface area (TPSA) is 48.9 Å². The third-order valence-electron chi connectivity index (χ3n) is 5.02. The first-order valence-corrected chi connectivity index (χ1v) is 9.20. The van der Waals surface area contributed by atoms with Crippen molar-refractivity contribution in [3.63, 3.8) is 0 Å². The molecule has 1 aromatic carbocycles. The molecule has 1 aliphatic heterocycles. The number of nitrogens with one attached hydrogen (secondary N) is 2. The van der Waals surface area contributed by atoms with Crippen molar-refractivity contribution in [2.24, 2.45) is 4.99 Å². The summed E-state index contributed by atoms with van der Waals surface area (Å²) in [5, 5.41) is 6.65. The van der Waals surface area contributed by atoms with Gasteiger partial charge in [-0.25, -0.2) is 4.39 Å². The van der Waals surface area contributed by atoms with E-state index in [0.29, 0.717) is 6.54 Å². The minimum Gasteiger partial charge on any atom is -0.374 e. The number of aliphatic imine (C=N–C) groups is 1.